The van der Waals surface area contributed by atoms with Gasteiger partial charge < -0.3 is 14.4 Å². The van der Waals surface area contributed by atoms with Crippen molar-refractivity contribution in [3.63, 3.8) is 0 Å². The number of rotatable bonds is 4. The normalized spacial score (nSPS) is 17.6. The van der Waals surface area contributed by atoms with Gasteiger partial charge >= 0.3 is 0 Å². The van der Waals surface area contributed by atoms with Crippen LogP contribution >= 0.6 is 0 Å². The average molecular weight is 330 g/mol. The van der Waals surface area contributed by atoms with Crippen LogP contribution in [0.15, 0.2) is 42.6 Å². The minimum atomic E-state index is -0.289. The summed E-state index contributed by atoms with van der Waals surface area (Å²) in [5.41, 5.74) is 1.61. The molecular formula is C18H19FN2O3. The highest BCUT2D eigenvalue weighted by molar-refractivity contribution is 5.78. The Kier molecular flexibility index (Phi) is 5.05. The van der Waals surface area contributed by atoms with E-state index in [1.165, 1.54) is 12.1 Å². The number of carbonyl (C=O) groups is 1. The molecule has 3 rings (SSSR count). The van der Waals surface area contributed by atoms with E-state index in [2.05, 4.69) is 4.98 Å². The van der Waals surface area contributed by atoms with Crippen LogP contribution in [-0.2, 0) is 9.53 Å². The van der Waals surface area contributed by atoms with Crippen LogP contribution in [-0.4, -0.2) is 42.1 Å². The Morgan fingerprint density at radius 2 is 2.17 bits per heavy atom. The predicted molar refractivity (Wildman–Crippen MR) is 86.1 cm³/mol. The number of aryl methyl sites for hydroxylation is 1. The number of pyridine rings is 1. The molecule has 0 unspecified atom stereocenters. The Morgan fingerprint density at radius 1 is 1.38 bits per heavy atom. The van der Waals surface area contributed by atoms with Gasteiger partial charge in [0.25, 0.3) is 5.91 Å². The quantitative estimate of drug-likeness (QED) is 0.864. The van der Waals surface area contributed by atoms with Crippen molar-refractivity contribution in [2.75, 3.05) is 26.3 Å². The van der Waals surface area contributed by atoms with Gasteiger partial charge in [0.15, 0.2) is 6.61 Å². The molecule has 2 aromatic rings. The summed E-state index contributed by atoms with van der Waals surface area (Å²) in [5.74, 6) is 0.214. The van der Waals surface area contributed by atoms with E-state index in [1.54, 1.807) is 35.4 Å². The van der Waals surface area contributed by atoms with Gasteiger partial charge in [-0.15, -0.1) is 0 Å². The fourth-order valence-electron chi connectivity index (χ4n) is 2.61. The molecule has 0 N–H and O–H groups in total. The van der Waals surface area contributed by atoms with Crippen molar-refractivity contribution < 1.29 is 18.7 Å². The fraction of sp³-hybridized carbons (Fsp3) is 0.333. The Labute approximate surface area is 140 Å². The Balaban J connectivity index is 1.59. The topological polar surface area (TPSA) is 51.7 Å². The van der Waals surface area contributed by atoms with Gasteiger partial charge in [-0.05, 0) is 36.8 Å². The van der Waals surface area contributed by atoms with Crippen molar-refractivity contribution in [1.82, 2.24) is 9.88 Å². The van der Waals surface area contributed by atoms with Crippen molar-refractivity contribution >= 4 is 5.91 Å². The van der Waals surface area contributed by atoms with Crippen LogP contribution in [0.4, 0.5) is 4.39 Å². The summed E-state index contributed by atoms with van der Waals surface area (Å²) >= 11 is 0. The lowest BCUT2D eigenvalue weighted by Crippen LogP contribution is -2.44. The number of hydrogen-bond donors (Lipinski definition) is 0. The maximum atomic E-state index is 13.0. The highest BCUT2D eigenvalue weighted by Gasteiger charge is 2.25. The van der Waals surface area contributed by atoms with Gasteiger partial charge in [0.05, 0.1) is 18.8 Å². The summed E-state index contributed by atoms with van der Waals surface area (Å²) in [6, 6.07) is 9.72. The molecule has 126 valence electrons. The second-order valence-electron chi connectivity index (χ2n) is 5.63. The molecule has 1 amide bonds. The summed E-state index contributed by atoms with van der Waals surface area (Å²) in [7, 11) is 0. The minimum absolute atomic E-state index is 0.0390. The van der Waals surface area contributed by atoms with Crippen LogP contribution in [0, 0.1) is 12.7 Å². The summed E-state index contributed by atoms with van der Waals surface area (Å²) in [5, 5.41) is 0. The third-order valence-electron chi connectivity index (χ3n) is 3.97. The Morgan fingerprint density at radius 3 is 2.92 bits per heavy atom. The molecule has 1 saturated heterocycles. The number of ether oxygens (including phenoxy) is 2. The molecule has 0 spiro atoms. The lowest BCUT2D eigenvalue weighted by Gasteiger charge is -2.33. The monoisotopic (exact) mass is 330 g/mol. The Bertz CT molecular complexity index is 706. The second-order valence-corrected chi connectivity index (χ2v) is 5.63. The van der Waals surface area contributed by atoms with Crippen molar-refractivity contribution in [3.05, 3.63) is 59.7 Å². The molecule has 2 heterocycles. The highest BCUT2D eigenvalue weighted by atomic mass is 19.1. The Hall–Kier alpha value is -2.47. The number of benzene rings is 1. The zero-order chi connectivity index (χ0) is 16.9. The summed E-state index contributed by atoms with van der Waals surface area (Å²) in [4.78, 5) is 18.2. The van der Waals surface area contributed by atoms with Crippen molar-refractivity contribution in [2.45, 2.75) is 13.0 Å². The molecule has 0 aliphatic carbocycles. The molecule has 1 aliphatic rings. The molecule has 24 heavy (non-hydrogen) atoms. The average Bonchev–Trinajstić information content (AvgIpc) is 2.61. The van der Waals surface area contributed by atoms with Gasteiger partial charge in [0.2, 0.25) is 0 Å². The molecule has 0 bridgehead atoms. The lowest BCUT2D eigenvalue weighted by atomic mass is 10.1. The molecule has 1 atom stereocenters. The smallest absolute Gasteiger partial charge is 0.260 e. The number of aromatic nitrogens is 1. The first-order valence-electron chi connectivity index (χ1n) is 7.83. The molecule has 5 nitrogen and oxygen atoms in total. The molecule has 1 aromatic carbocycles. The summed E-state index contributed by atoms with van der Waals surface area (Å²) in [6.07, 6.45) is 1.43. The van der Waals surface area contributed by atoms with E-state index in [-0.39, 0.29) is 24.4 Å². The van der Waals surface area contributed by atoms with Gasteiger partial charge in [-0.2, -0.15) is 0 Å². The van der Waals surface area contributed by atoms with Crippen LogP contribution in [0.1, 0.15) is 17.4 Å². The molecule has 0 saturated carbocycles. The molecular weight excluding hydrogens is 311 g/mol. The third-order valence-corrected chi connectivity index (χ3v) is 3.97. The molecule has 1 fully saturated rings. The maximum absolute atomic E-state index is 13.0. The van der Waals surface area contributed by atoms with E-state index >= 15 is 0 Å². The second kappa shape index (κ2) is 7.40. The van der Waals surface area contributed by atoms with Crippen molar-refractivity contribution in [1.29, 1.82) is 0 Å². The van der Waals surface area contributed by atoms with Crippen LogP contribution in [0.25, 0.3) is 0 Å². The standard InChI is InChI=1S/C18H19FN2O3/c1-13-16(3-2-8-20-13)24-12-18(22)21-9-10-23-17(11-21)14-4-6-15(19)7-5-14/h2-8,17H,9-12H2,1H3/t17-/m0/s1. The van der Waals surface area contributed by atoms with Crippen molar-refractivity contribution in [3.8, 4) is 5.75 Å². The SMILES string of the molecule is Cc1ncccc1OCC(=O)N1CCO[C@H](c2ccc(F)cc2)C1. The zero-order valence-corrected chi connectivity index (χ0v) is 13.4. The fourth-order valence-corrected chi connectivity index (χ4v) is 2.61. The van der Waals surface area contributed by atoms with E-state index in [1.807, 2.05) is 6.92 Å². The van der Waals surface area contributed by atoms with E-state index in [4.69, 9.17) is 9.47 Å². The summed E-state index contributed by atoms with van der Waals surface area (Å²) < 4.78 is 24.3. The van der Waals surface area contributed by atoms with Gasteiger partial charge in [-0.25, -0.2) is 4.39 Å². The molecule has 1 aromatic heterocycles. The van der Waals surface area contributed by atoms with E-state index in [0.29, 0.717) is 25.4 Å². The lowest BCUT2D eigenvalue weighted by molar-refractivity contribution is -0.141. The molecule has 0 radical (unpaired) electrons. The van der Waals surface area contributed by atoms with Crippen LogP contribution in [0.5, 0.6) is 5.75 Å². The predicted octanol–water partition coefficient (Wildman–Crippen LogP) is 2.51. The minimum Gasteiger partial charge on any atom is -0.482 e. The molecule has 1 aliphatic heterocycles. The van der Waals surface area contributed by atoms with Crippen LogP contribution in [0.3, 0.4) is 0 Å². The number of amides is 1. The first-order valence-corrected chi connectivity index (χ1v) is 7.83. The van der Waals surface area contributed by atoms with E-state index < -0.39 is 0 Å². The number of nitrogens with zero attached hydrogens (tertiary/aromatic N) is 2. The summed E-state index contributed by atoms with van der Waals surface area (Å²) in [6.45, 7) is 3.19. The first kappa shape index (κ1) is 16.4. The largest absolute Gasteiger partial charge is 0.482 e. The van der Waals surface area contributed by atoms with Gasteiger partial charge in [0, 0.05) is 12.7 Å². The molecule has 6 heteroatoms. The number of carbonyl (C=O) groups excluding carboxylic acids is 1. The van der Waals surface area contributed by atoms with Gasteiger partial charge in [-0.3, -0.25) is 9.78 Å². The zero-order valence-electron chi connectivity index (χ0n) is 13.4. The number of hydrogen-bond acceptors (Lipinski definition) is 4. The van der Waals surface area contributed by atoms with Crippen LogP contribution < -0.4 is 4.74 Å². The van der Waals surface area contributed by atoms with Gasteiger partial charge in [0.1, 0.15) is 17.7 Å². The van der Waals surface area contributed by atoms with Crippen molar-refractivity contribution in [2.24, 2.45) is 0 Å². The highest BCUT2D eigenvalue weighted by Crippen LogP contribution is 2.23. The first-order chi connectivity index (χ1) is 11.6. The number of morpholine rings is 1. The van der Waals surface area contributed by atoms with Gasteiger partial charge in [-0.1, -0.05) is 12.1 Å². The third kappa shape index (κ3) is 3.89. The van der Waals surface area contributed by atoms with E-state index in [9.17, 15) is 9.18 Å². The number of halogens is 1. The van der Waals surface area contributed by atoms with Crippen LogP contribution in [0.2, 0.25) is 0 Å². The maximum Gasteiger partial charge on any atom is 0.260 e. The van der Waals surface area contributed by atoms with E-state index in [0.717, 1.165) is 11.3 Å².